The highest BCUT2D eigenvalue weighted by Gasteiger charge is 2.36. The van der Waals surface area contributed by atoms with Crippen LogP contribution in [0.3, 0.4) is 0 Å². The average Bonchev–Trinajstić information content (AvgIpc) is 2.78. The van der Waals surface area contributed by atoms with Gasteiger partial charge in [-0.2, -0.15) is 0 Å². The quantitative estimate of drug-likeness (QED) is 0.756. The van der Waals surface area contributed by atoms with Crippen molar-refractivity contribution in [2.45, 2.75) is 40.0 Å². The lowest BCUT2D eigenvalue weighted by atomic mass is 9.80. The van der Waals surface area contributed by atoms with Crippen molar-refractivity contribution in [2.24, 2.45) is 17.3 Å². The second kappa shape index (κ2) is 4.97. The predicted octanol–water partition coefficient (Wildman–Crippen LogP) is 1.88. The first-order valence-corrected chi connectivity index (χ1v) is 6.98. The molecule has 2 heterocycles. The van der Waals surface area contributed by atoms with E-state index in [9.17, 15) is 4.79 Å². The second-order valence-corrected chi connectivity index (χ2v) is 6.68. The molecule has 0 aromatic rings. The fourth-order valence-corrected chi connectivity index (χ4v) is 2.99. The summed E-state index contributed by atoms with van der Waals surface area (Å²) in [6.45, 7) is 10.8. The summed E-state index contributed by atoms with van der Waals surface area (Å²) in [4.78, 5) is 14.5. The number of carbonyl (C=O) groups is 1. The Hall–Kier alpha value is -0.570. The molecule has 0 radical (unpaired) electrons. The zero-order chi connectivity index (χ0) is 12.5. The molecular weight excluding hydrogens is 212 g/mol. The largest absolute Gasteiger partial charge is 0.342 e. The normalized spacial score (nSPS) is 30.6. The molecule has 17 heavy (non-hydrogen) atoms. The highest BCUT2D eigenvalue weighted by atomic mass is 16.2. The van der Waals surface area contributed by atoms with Gasteiger partial charge in [-0.05, 0) is 37.1 Å². The van der Waals surface area contributed by atoms with Crippen molar-refractivity contribution in [3.8, 4) is 0 Å². The summed E-state index contributed by atoms with van der Waals surface area (Å²) in [5, 5.41) is 3.33. The van der Waals surface area contributed by atoms with E-state index in [-0.39, 0.29) is 5.92 Å². The predicted molar refractivity (Wildman–Crippen MR) is 69.7 cm³/mol. The highest BCUT2D eigenvalue weighted by molar-refractivity contribution is 5.79. The van der Waals surface area contributed by atoms with E-state index in [4.69, 9.17) is 0 Å². The molecule has 0 spiro atoms. The van der Waals surface area contributed by atoms with Gasteiger partial charge >= 0.3 is 0 Å². The molecule has 3 nitrogen and oxygen atoms in total. The maximum Gasteiger partial charge on any atom is 0.226 e. The Morgan fingerprint density at radius 2 is 2.06 bits per heavy atom. The number of likely N-dealkylation sites (tertiary alicyclic amines) is 1. The van der Waals surface area contributed by atoms with Crippen LogP contribution in [-0.2, 0) is 4.79 Å². The molecular formula is C14H26N2O. The van der Waals surface area contributed by atoms with Gasteiger partial charge in [-0.1, -0.05) is 20.8 Å². The monoisotopic (exact) mass is 238 g/mol. The molecule has 1 N–H and O–H groups in total. The van der Waals surface area contributed by atoms with E-state index >= 15 is 0 Å². The lowest BCUT2D eigenvalue weighted by Gasteiger charge is -2.29. The number of amides is 1. The average molecular weight is 238 g/mol. The molecule has 2 unspecified atom stereocenters. The third kappa shape index (κ3) is 3.01. The first kappa shape index (κ1) is 12.9. The maximum atomic E-state index is 12.4. The summed E-state index contributed by atoms with van der Waals surface area (Å²) >= 11 is 0. The molecule has 0 aromatic carbocycles. The molecule has 0 aromatic heterocycles. The number of hydrogen-bond donors (Lipinski definition) is 1. The second-order valence-electron chi connectivity index (χ2n) is 6.68. The summed E-state index contributed by atoms with van der Waals surface area (Å²) in [6.07, 6.45) is 3.39. The van der Waals surface area contributed by atoms with E-state index in [0.717, 1.165) is 39.0 Å². The van der Waals surface area contributed by atoms with Crippen LogP contribution in [0.15, 0.2) is 0 Å². The summed E-state index contributed by atoms with van der Waals surface area (Å²) in [5.74, 6) is 1.30. The molecule has 2 aliphatic heterocycles. The Morgan fingerprint density at radius 3 is 2.59 bits per heavy atom. The summed E-state index contributed by atoms with van der Waals surface area (Å²) in [5.41, 5.74) is 0.333. The van der Waals surface area contributed by atoms with Crippen LogP contribution in [0.5, 0.6) is 0 Å². The first-order valence-electron chi connectivity index (χ1n) is 6.98. The number of carbonyl (C=O) groups excluding carboxylic acids is 1. The summed E-state index contributed by atoms with van der Waals surface area (Å²) < 4.78 is 0. The molecule has 0 bridgehead atoms. The zero-order valence-electron chi connectivity index (χ0n) is 11.5. The van der Waals surface area contributed by atoms with E-state index in [2.05, 4.69) is 31.0 Å². The van der Waals surface area contributed by atoms with Gasteiger partial charge < -0.3 is 10.2 Å². The molecule has 2 fully saturated rings. The number of nitrogens with one attached hydrogen (secondary N) is 1. The molecule has 2 atom stereocenters. The van der Waals surface area contributed by atoms with Crippen molar-refractivity contribution in [3.05, 3.63) is 0 Å². The van der Waals surface area contributed by atoms with Crippen LogP contribution in [0.1, 0.15) is 40.0 Å². The van der Waals surface area contributed by atoms with Crippen molar-refractivity contribution in [3.63, 3.8) is 0 Å². The Balaban J connectivity index is 1.89. The smallest absolute Gasteiger partial charge is 0.226 e. The molecule has 98 valence electrons. The van der Waals surface area contributed by atoms with Gasteiger partial charge in [0, 0.05) is 19.6 Å². The van der Waals surface area contributed by atoms with E-state index < -0.39 is 0 Å². The Bertz CT molecular complexity index is 276. The van der Waals surface area contributed by atoms with Crippen LogP contribution in [-0.4, -0.2) is 37.0 Å². The third-order valence-corrected chi connectivity index (χ3v) is 4.37. The lowest BCUT2D eigenvalue weighted by molar-refractivity contribution is -0.135. The fourth-order valence-electron chi connectivity index (χ4n) is 2.99. The van der Waals surface area contributed by atoms with Crippen molar-refractivity contribution in [1.82, 2.24) is 10.2 Å². The standard InChI is InChI=1S/C14H26N2O/c1-14(2,3)12-6-8-16(10-12)13(17)11-5-4-7-15-9-11/h11-12,15H,4-10H2,1-3H3. The maximum absolute atomic E-state index is 12.4. The number of rotatable bonds is 1. The van der Waals surface area contributed by atoms with Crippen molar-refractivity contribution in [2.75, 3.05) is 26.2 Å². The highest BCUT2D eigenvalue weighted by Crippen LogP contribution is 2.34. The van der Waals surface area contributed by atoms with Crippen LogP contribution in [0.2, 0.25) is 0 Å². The van der Waals surface area contributed by atoms with Gasteiger partial charge in [-0.3, -0.25) is 4.79 Å². The minimum atomic E-state index is 0.238. The molecule has 0 aliphatic carbocycles. The number of piperidine rings is 1. The lowest BCUT2D eigenvalue weighted by Crippen LogP contribution is -2.42. The van der Waals surface area contributed by atoms with Gasteiger partial charge in [0.1, 0.15) is 0 Å². The molecule has 2 aliphatic rings. The third-order valence-electron chi connectivity index (χ3n) is 4.37. The fraction of sp³-hybridized carbons (Fsp3) is 0.929. The van der Waals surface area contributed by atoms with Crippen LogP contribution < -0.4 is 5.32 Å². The van der Waals surface area contributed by atoms with Crippen LogP contribution in [0.25, 0.3) is 0 Å². The van der Waals surface area contributed by atoms with Gasteiger partial charge in [0.25, 0.3) is 0 Å². The SMILES string of the molecule is CC(C)(C)C1CCN(C(=O)C2CCCNC2)C1. The Kier molecular flexibility index (Phi) is 3.76. The molecule has 3 heteroatoms. The molecule has 2 rings (SSSR count). The molecule has 1 amide bonds. The van der Waals surface area contributed by atoms with Crippen molar-refractivity contribution >= 4 is 5.91 Å². The van der Waals surface area contributed by atoms with Gasteiger partial charge in [0.15, 0.2) is 0 Å². The zero-order valence-corrected chi connectivity index (χ0v) is 11.5. The minimum absolute atomic E-state index is 0.238. The summed E-state index contributed by atoms with van der Waals surface area (Å²) in [7, 11) is 0. The van der Waals surface area contributed by atoms with Gasteiger partial charge in [-0.15, -0.1) is 0 Å². The van der Waals surface area contributed by atoms with Crippen LogP contribution in [0.4, 0.5) is 0 Å². The minimum Gasteiger partial charge on any atom is -0.342 e. The molecule has 2 saturated heterocycles. The number of nitrogens with zero attached hydrogens (tertiary/aromatic N) is 1. The van der Waals surface area contributed by atoms with Gasteiger partial charge in [0.05, 0.1) is 5.92 Å². The topological polar surface area (TPSA) is 32.3 Å². The van der Waals surface area contributed by atoms with E-state index in [1.54, 1.807) is 0 Å². The van der Waals surface area contributed by atoms with Crippen LogP contribution in [0, 0.1) is 17.3 Å². The van der Waals surface area contributed by atoms with Crippen molar-refractivity contribution in [1.29, 1.82) is 0 Å². The molecule has 0 saturated carbocycles. The van der Waals surface area contributed by atoms with E-state index in [0.29, 0.717) is 17.2 Å². The Morgan fingerprint density at radius 1 is 1.29 bits per heavy atom. The van der Waals surface area contributed by atoms with Crippen LogP contribution >= 0.6 is 0 Å². The summed E-state index contributed by atoms with van der Waals surface area (Å²) in [6, 6.07) is 0. The Labute approximate surface area is 105 Å². The number of hydrogen-bond acceptors (Lipinski definition) is 2. The van der Waals surface area contributed by atoms with E-state index in [1.807, 2.05) is 0 Å². The van der Waals surface area contributed by atoms with E-state index in [1.165, 1.54) is 6.42 Å². The first-order chi connectivity index (χ1) is 7.98. The van der Waals surface area contributed by atoms with Gasteiger partial charge in [-0.25, -0.2) is 0 Å². The van der Waals surface area contributed by atoms with Crippen molar-refractivity contribution < 1.29 is 4.79 Å². The van der Waals surface area contributed by atoms with Gasteiger partial charge in [0.2, 0.25) is 5.91 Å².